The molecule has 1 atom stereocenters. The summed E-state index contributed by atoms with van der Waals surface area (Å²) in [7, 11) is 0. The van der Waals surface area contributed by atoms with E-state index in [0.717, 1.165) is 24.2 Å². The molecule has 0 bridgehead atoms. The van der Waals surface area contributed by atoms with Crippen molar-refractivity contribution in [2.24, 2.45) is 0 Å². The minimum Gasteiger partial charge on any atom is -0.336 e. The molecule has 0 aliphatic carbocycles. The molecular formula is C9H10ClN3OS. The molecule has 0 saturated carbocycles. The quantitative estimate of drug-likeness (QED) is 0.820. The molecule has 0 aliphatic heterocycles. The highest BCUT2D eigenvalue weighted by Crippen LogP contribution is 2.14. The smallest absolute Gasteiger partial charge is 0.283 e. The third-order valence-electron chi connectivity index (χ3n) is 1.68. The predicted molar refractivity (Wildman–Crippen MR) is 59.9 cm³/mol. The van der Waals surface area contributed by atoms with Gasteiger partial charge >= 0.3 is 0 Å². The number of hydrogen-bond acceptors (Lipinski definition) is 4. The van der Waals surface area contributed by atoms with Crippen molar-refractivity contribution < 1.29 is 4.79 Å². The Bertz CT molecular complexity index is 385. The molecule has 15 heavy (non-hydrogen) atoms. The molecule has 1 amide bonds. The molecule has 0 spiro atoms. The van der Waals surface area contributed by atoms with E-state index in [1.54, 1.807) is 0 Å². The van der Waals surface area contributed by atoms with Gasteiger partial charge in [0.05, 0.1) is 6.04 Å². The fourth-order valence-corrected chi connectivity index (χ4v) is 1.73. The Morgan fingerprint density at radius 2 is 2.47 bits per heavy atom. The van der Waals surface area contributed by atoms with E-state index in [1.165, 1.54) is 0 Å². The lowest BCUT2D eigenvalue weighted by Gasteiger charge is -2.09. The first-order valence-corrected chi connectivity index (χ1v) is 5.62. The SMILES string of the molecule is C#CC(CCC)NC(=O)c1nnc(Cl)s1. The molecule has 6 heteroatoms. The molecule has 1 aromatic heterocycles. The minimum absolute atomic E-state index is 0.233. The zero-order chi connectivity index (χ0) is 11.3. The summed E-state index contributed by atoms with van der Waals surface area (Å²) in [6, 6.07) is -0.259. The van der Waals surface area contributed by atoms with Crippen LogP contribution in [0.3, 0.4) is 0 Å². The number of hydrogen-bond donors (Lipinski definition) is 1. The Kier molecular flexibility index (Phi) is 4.53. The highest BCUT2D eigenvalue weighted by atomic mass is 35.5. The zero-order valence-corrected chi connectivity index (χ0v) is 9.73. The van der Waals surface area contributed by atoms with Crippen LogP contribution in [0.15, 0.2) is 0 Å². The van der Waals surface area contributed by atoms with E-state index in [1.807, 2.05) is 6.92 Å². The minimum atomic E-state index is -0.323. The zero-order valence-electron chi connectivity index (χ0n) is 8.16. The number of aromatic nitrogens is 2. The number of rotatable bonds is 4. The van der Waals surface area contributed by atoms with Crippen molar-refractivity contribution in [1.82, 2.24) is 15.5 Å². The van der Waals surface area contributed by atoms with Crippen LogP contribution in [-0.2, 0) is 0 Å². The highest BCUT2D eigenvalue weighted by molar-refractivity contribution is 7.17. The van der Waals surface area contributed by atoms with E-state index in [-0.39, 0.29) is 21.4 Å². The highest BCUT2D eigenvalue weighted by Gasteiger charge is 2.14. The molecule has 4 nitrogen and oxygen atoms in total. The third kappa shape index (κ3) is 3.50. The molecule has 0 saturated heterocycles. The Morgan fingerprint density at radius 3 is 2.93 bits per heavy atom. The summed E-state index contributed by atoms with van der Waals surface area (Å²) < 4.78 is 0.243. The van der Waals surface area contributed by atoms with Crippen molar-refractivity contribution in [2.45, 2.75) is 25.8 Å². The maximum Gasteiger partial charge on any atom is 0.283 e. The van der Waals surface area contributed by atoms with Crippen LogP contribution in [0.2, 0.25) is 4.47 Å². The van der Waals surface area contributed by atoms with E-state index in [0.29, 0.717) is 0 Å². The monoisotopic (exact) mass is 243 g/mol. The van der Waals surface area contributed by atoms with Crippen molar-refractivity contribution in [1.29, 1.82) is 0 Å². The molecule has 0 aromatic carbocycles. The van der Waals surface area contributed by atoms with E-state index >= 15 is 0 Å². The number of halogens is 1. The first-order chi connectivity index (χ1) is 7.17. The van der Waals surface area contributed by atoms with Gasteiger partial charge in [-0.15, -0.1) is 16.6 Å². The number of nitrogens with one attached hydrogen (secondary N) is 1. The molecule has 0 fully saturated rings. The normalized spacial score (nSPS) is 11.8. The van der Waals surface area contributed by atoms with Gasteiger partial charge in [0.15, 0.2) is 0 Å². The fraction of sp³-hybridized carbons (Fsp3) is 0.444. The topological polar surface area (TPSA) is 54.9 Å². The lowest BCUT2D eigenvalue weighted by molar-refractivity contribution is 0.0943. The predicted octanol–water partition coefficient (Wildman–Crippen LogP) is 1.72. The second-order valence-corrected chi connectivity index (χ2v) is 4.40. The van der Waals surface area contributed by atoms with Gasteiger partial charge in [-0.1, -0.05) is 30.6 Å². The van der Waals surface area contributed by atoms with Crippen LogP contribution < -0.4 is 5.32 Å². The second kappa shape index (κ2) is 5.69. The molecule has 1 aromatic rings. The van der Waals surface area contributed by atoms with E-state index in [4.69, 9.17) is 18.0 Å². The number of carbonyl (C=O) groups is 1. The maximum atomic E-state index is 11.5. The van der Waals surface area contributed by atoms with Crippen molar-refractivity contribution >= 4 is 28.8 Å². The van der Waals surface area contributed by atoms with Crippen LogP contribution in [0.5, 0.6) is 0 Å². The number of nitrogens with zero attached hydrogens (tertiary/aromatic N) is 2. The molecular weight excluding hydrogens is 234 g/mol. The molecule has 1 unspecified atom stereocenters. The van der Waals surface area contributed by atoms with E-state index in [2.05, 4.69) is 21.4 Å². The maximum absolute atomic E-state index is 11.5. The van der Waals surface area contributed by atoms with E-state index < -0.39 is 0 Å². The molecule has 1 heterocycles. The standard InChI is InChI=1S/C9H10ClN3OS/c1-3-5-6(4-2)11-7(14)8-12-13-9(10)15-8/h2,6H,3,5H2,1H3,(H,11,14). The Labute approximate surface area is 97.0 Å². The van der Waals surface area contributed by atoms with Gasteiger partial charge in [0, 0.05) is 0 Å². The first-order valence-electron chi connectivity index (χ1n) is 4.43. The Hall–Kier alpha value is -1.12. The molecule has 1 rings (SSSR count). The van der Waals surface area contributed by atoms with Crippen LogP contribution in [0.4, 0.5) is 0 Å². The average Bonchev–Trinajstić information content (AvgIpc) is 2.64. The molecule has 0 aliphatic rings. The number of terminal acetylenes is 1. The molecule has 80 valence electrons. The average molecular weight is 244 g/mol. The van der Waals surface area contributed by atoms with Gasteiger partial charge in [-0.3, -0.25) is 4.79 Å². The third-order valence-corrected chi connectivity index (χ3v) is 2.70. The summed E-state index contributed by atoms with van der Waals surface area (Å²) in [6.45, 7) is 2.00. The number of amides is 1. The van der Waals surface area contributed by atoms with Crippen LogP contribution in [0.1, 0.15) is 29.6 Å². The summed E-state index contributed by atoms with van der Waals surface area (Å²) in [4.78, 5) is 11.5. The van der Waals surface area contributed by atoms with E-state index in [9.17, 15) is 4.79 Å². The van der Waals surface area contributed by atoms with Gasteiger partial charge in [-0.2, -0.15) is 0 Å². The van der Waals surface area contributed by atoms with Gasteiger partial charge in [-0.05, 0) is 18.0 Å². The Balaban J connectivity index is 2.59. The summed E-state index contributed by atoms with van der Waals surface area (Å²) in [5.74, 6) is 2.18. The van der Waals surface area contributed by atoms with Gasteiger partial charge in [0.25, 0.3) is 5.91 Å². The lowest BCUT2D eigenvalue weighted by Crippen LogP contribution is -2.33. The lowest BCUT2D eigenvalue weighted by atomic mass is 10.2. The summed E-state index contributed by atoms with van der Waals surface area (Å²) in [5, 5.41) is 10.1. The summed E-state index contributed by atoms with van der Waals surface area (Å²) in [5.41, 5.74) is 0. The fourth-order valence-electron chi connectivity index (χ4n) is 1.00. The van der Waals surface area contributed by atoms with Crippen LogP contribution in [0.25, 0.3) is 0 Å². The number of carbonyl (C=O) groups excluding carboxylic acids is 1. The van der Waals surface area contributed by atoms with Crippen molar-refractivity contribution in [3.8, 4) is 12.3 Å². The second-order valence-electron chi connectivity index (χ2n) is 2.84. The van der Waals surface area contributed by atoms with Gasteiger partial charge < -0.3 is 5.32 Å². The van der Waals surface area contributed by atoms with Gasteiger partial charge in [-0.25, -0.2) is 0 Å². The largest absolute Gasteiger partial charge is 0.336 e. The van der Waals surface area contributed by atoms with Gasteiger partial charge in [0.1, 0.15) is 0 Å². The summed E-state index contributed by atoms with van der Waals surface area (Å²) >= 11 is 6.59. The van der Waals surface area contributed by atoms with Crippen molar-refractivity contribution in [2.75, 3.05) is 0 Å². The van der Waals surface area contributed by atoms with Crippen molar-refractivity contribution in [3.05, 3.63) is 9.47 Å². The van der Waals surface area contributed by atoms with Gasteiger partial charge in [0.2, 0.25) is 9.47 Å². The van der Waals surface area contributed by atoms with Crippen LogP contribution >= 0.6 is 22.9 Å². The van der Waals surface area contributed by atoms with Crippen LogP contribution in [-0.4, -0.2) is 22.1 Å². The van der Waals surface area contributed by atoms with Crippen LogP contribution in [0, 0.1) is 12.3 Å². The summed E-state index contributed by atoms with van der Waals surface area (Å²) in [6.07, 6.45) is 6.92. The molecule has 1 N–H and O–H groups in total. The van der Waals surface area contributed by atoms with Crippen molar-refractivity contribution in [3.63, 3.8) is 0 Å². The Morgan fingerprint density at radius 1 is 1.73 bits per heavy atom. The first kappa shape index (κ1) is 12.0. The molecule has 0 radical (unpaired) electrons.